The predicted molar refractivity (Wildman–Crippen MR) is 130 cm³/mol. The van der Waals surface area contributed by atoms with Crippen molar-refractivity contribution in [1.82, 2.24) is 9.21 Å². The largest absolute Gasteiger partial charge is 0.489 e. The molecule has 4 rings (SSSR count). The number of likely N-dealkylation sites (tertiary alicyclic amines) is 1. The zero-order chi connectivity index (χ0) is 22.6. The van der Waals surface area contributed by atoms with Crippen LogP contribution in [0.5, 0.6) is 5.75 Å². The van der Waals surface area contributed by atoms with E-state index >= 15 is 0 Å². The normalized spacial score (nSPS) is 17.0. The smallest absolute Gasteiger partial charge is 0.243 e. The molecule has 5 nitrogen and oxygen atoms in total. The van der Waals surface area contributed by atoms with E-state index in [2.05, 4.69) is 39.0 Å². The Bertz CT molecular complexity index is 1150. The predicted octanol–water partition coefficient (Wildman–Crippen LogP) is 4.92. The van der Waals surface area contributed by atoms with Crippen molar-refractivity contribution in [3.8, 4) is 5.75 Å². The van der Waals surface area contributed by atoms with Crippen molar-refractivity contribution < 1.29 is 13.2 Å². The molecular formula is C25H27BrN2O3S. The van der Waals surface area contributed by atoms with Gasteiger partial charge in [-0.1, -0.05) is 70.5 Å². The number of hydrogen-bond acceptors (Lipinski definition) is 4. The second kappa shape index (κ2) is 10.2. The Hall–Kier alpha value is -2.19. The maximum absolute atomic E-state index is 13.1. The minimum atomic E-state index is -3.54. The van der Waals surface area contributed by atoms with E-state index in [0.717, 1.165) is 40.9 Å². The summed E-state index contributed by atoms with van der Waals surface area (Å²) in [5.74, 6) is 0.870. The molecule has 1 saturated heterocycles. The molecule has 32 heavy (non-hydrogen) atoms. The molecule has 1 unspecified atom stereocenters. The molecule has 7 heteroatoms. The fourth-order valence-corrected chi connectivity index (χ4v) is 5.97. The van der Waals surface area contributed by atoms with Crippen LogP contribution in [0.2, 0.25) is 0 Å². The molecule has 3 aromatic rings. The molecule has 3 aromatic carbocycles. The third kappa shape index (κ3) is 5.41. The maximum atomic E-state index is 13.1. The Kier molecular flexibility index (Phi) is 7.30. The van der Waals surface area contributed by atoms with Crippen molar-refractivity contribution in [2.45, 2.75) is 30.5 Å². The van der Waals surface area contributed by atoms with Gasteiger partial charge in [-0.3, -0.25) is 4.90 Å². The van der Waals surface area contributed by atoms with Crippen LogP contribution in [0.4, 0.5) is 0 Å². The third-order valence-electron chi connectivity index (χ3n) is 5.84. The highest BCUT2D eigenvalue weighted by Crippen LogP contribution is 2.27. The first kappa shape index (κ1) is 23.0. The van der Waals surface area contributed by atoms with Crippen molar-refractivity contribution in [3.05, 3.63) is 94.5 Å². The number of hydrogen-bond donors (Lipinski definition) is 0. The topological polar surface area (TPSA) is 49.9 Å². The van der Waals surface area contributed by atoms with Gasteiger partial charge in [0.05, 0.1) is 4.90 Å². The molecule has 0 N–H and O–H groups in total. The van der Waals surface area contributed by atoms with Crippen molar-refractivity contribution in [3.63, 3.8) is 0 Å². The van der Waals surface area contributed by atoms with Crippen molar-refractivity contribution >= 4 is 26.0 Å². The summed E-state index contributed by atoms with van der Waals surface area (Å²) in [6, 6.07) is 25.0. The summed E-state index contributed by atoms with van der Waals surface area (Å²) in [4.78, 5) is 2.61. The molecule has 0 aliphatic carbocycles. The van der Waals surface area contributed by atoms with E-state index in [4.69, 9.17) is 4.74 Å². The SMILES string of the molecule is CN(C1CCN(Cc2ccccc2OCc2ccccc2)C1)S(=O)(=O)c1cccc(Br)c1. The van der Waals surface area contributed by atoms with E-state index in [1.165, 1.54) is 4.31 Å². The number of ether oxygens (including phenoxy) is 1. The fourth-order valence-electron chi connectivity index (χ4n) is 3.99. The van der Waals surface area contributed by atoms with Gasteiger partial charge in [-0.25, -0.2) is 8.42 Å². The van der Waals surface area contributed by atoms with Gasteiger partial charge in [0.1, 0.15) is 12.4 Å². The van der Waals surface area contributed by atoms with Gasteiger partial charge in [0.25, 0.3) is 0 Å². The van der Waals surface area contributed by atoms with E-state index in [9.17, 15) is 8.42 Å². The first-order valence-electron chi connectivity index (χ1n) is 10.6. The second-order valence-electron chi connectivity index (χ2n) is 8.04. The van der Waals surface area contributed by atoms with Gasteiger partial charge in [0.15, 0.2) is 0 Å². The van der Waals surface area contributed by atoms with Crippen molar-refractivity contribution in [2.75, 3.05) is 20.1 Å². The first-order chi connectivity index (χ1) is 15.4. The molecule has 0 aromatic heterocycles. The summed E-state index contributed by atoms with van der Waals surface area (Å²) >= 11 is 3.37. The van der Waals surface area contributed by atoms with Gasteiger partial charge >= 0.3 is 0 Å². The Morgan fingerprint density at radius 3 is 2.56 bits per heavy atom. The molecule has 0 saturated carbocycles. The molecule has 0 spiro atoms. The summed E-state index contributed by atoms with van der Waals surface area (Å²) in [5.41, 5.74) is 2.24. The lowest BCUT2D eigenvalue weighted by atomic mass is 10.2. The van der Waals surface area contributed by atoms with E-state index in [-0.39, 0.29) is 6.04 Å². The lowest BCUT2D eigenvalue weighted by molar-refractivity contribution is 0.276. The van der Waals surface area contributed by atoms with Crippen LogP contribution in [0, 0.1) is 0 Å². The molecular weight excluding hydrogens is 488 g/mol. The summed E-state index contributed by atoms with van der Waals surface area (Å²) in [7, 11) is -1.85. The molecule has 1 atom stereocenters. The van der Waals surface area contributed by atoms with E-state index < -0.39 is 10.0 Å². The first-order valence-corrected chi connectivity index (χ1v) is 12.9. The van der Waals surface area contributed by atoms with Crippen LogP contribution in [0.15, 0.2) is 88.2 Å². The Morgan fingerprint density at radius 1 is 1.03 bits per heavy atom. The van der Waals surface area contributed by atoms with Crippen LogP contribution in [0.1, 0.15) is 17.5 Å². The standard InChI is InChI=1S/C25H27BrN2O3S/c1-27(32(29,30)24-12-7-11-22(26)16-24)23-14-15-28(18-23)17-21-10-5-6-13-25(21)31-19-20-8-3-2-4-9-20/h2-13,16,23H,14-15,17-19H2,1H3. The molecule has 0 radical (unpaired) electrons. The van der Waals surface area contributed by atoms with E-state index in [0.29, 0.717) is 18.0 Å². The number of para-hydroxylation sites is 1. The highest BCUT2D eigenvalue weighted by Gasteiger charge is 2.33. The zero-order valence-corrected chi connectivity index (χ0v) is 20.4. The van der Waals surface area contributed by atoms with Gasteiger partial charge in [0, 0.05) is 42.8 Å². The molecule has 1 heterocycles. The van der Waals surface area contributed by atoms with Gasteiger partial charge in [-0.15, -0.1) is 0 Å². The van der Waals surface area contributed by atoms with Gasteiger partial charge in [-0.2, -0.15) is 4.31 Å². The average molecular weight is 515 g/mol. The molecule has 168 valence electrons. The fraction of sp³-hybridized carbons (Fsp3) is 0.280. The number of halogens is 1. The quantitative estimate of drug-likeness (QED) is 0.427. The zero-order valence-electron chi connectivity index (χ0n) is 18.0. The highest BCUT2D eigenvalue weighted by atomic mass is 79.9. The summed E-state index contributed by atoms with van der Waals surface area (Å²) in [6.07, 6.45) is 0.802. The summed E-state index contributed by atoms with van der Waals surface area (Å²) in [5, 5.41) is 0. The Labute approximate surface area is 198 Å². The number of benzene rings is 3. The van der Waals surface area contributed by atoms with Crippen molar-refractivity contribution in [2.24, 2.45) is 0 Å². The van der Waals surface area contributed by atoms with Gasteiger partial charge in [-0.05, 0) is 36.2 Å². The molecule has 1 aliphatic rings. The lowest BCUT2D eigenvalue weighted by Gasteiger charge is -2.25. The summed E-state index contributed by atoms with van der Waals surface area (Å²) < 4.78 is 34.5. The van der Waals surface area contributed by atoms with Crippen LogP contribution in [-0.2, 0) is 23.2 Å². The minimum Gasteiger partial charge on any atom is -0.489 e. The number of rotatable bonds is 8. The van der Waals surface area contributed by atoms with Gasteiger partial charge in [0.2, 0.25) is 10.0 Å². The molecule has 1 aliphatic heterocycles. The average Bonchev–Trinajstić information content (AvgIpc) is 3.27. The van der Waals surface area contributed by atoms with E-state index in [1.807, 2.05) is 42.5 Å². The lowest BCUT2D eigenvalue weighted by Crippen LogP contribution is -2.38. The van der Waals surface area contributed by atoms with Crippen LogP contribution in [-0.4, -0.2) is 43.8 Å². The molecule has 1 fully saturated rings. The minimum absolute atomic E-state index is 0.0589. The van der Waals surface area contributed by atoms with Crippen LogP contribution < -0.4 is 4.74 Å². The number of sulfonamides is 1. The summed E-state index contributed by atoms with van der Waals surface area (Å²) in [6.45, 7) is 2.78. The van der Waals surface area contributed by atoms with E-state index in [1.54, 1.807) is 25.2 Å². The molecule has 0 amide bonds. The molecule has 0 bridgehead atoms. The Balaban J connectivity index is 1.40. The maximum Gasteiger partial charge on any atom is 0.243 e. The van der Waals surface area contributed by atoms with Crippen LogP contribution in [0.25, 0.3) is 0 Å². The van der Waals surface area contributed by atoms with Crippen molar-refractivity contribution in [1.29, 1.82) is 0 Å². The second-order valence-corrected chi connectivity index (χ2v) is 11.0. The van der Waals surface area contributed by atoms with Crippen LogP contribution in [0.3, 0.4) is 0 Å². The highest BCUT2D eigenvalue weighted by molar-refractivity contribution is 9.10. The Morgan fingerprint density at radius 2 is 1.78 bits per heavy atom. The third-order valence-corrected chi connectivity index (χ3v) is 8.24. The van der Waals surface area contributed by atoms with Gasteiger partial charge < -0.3 is 4.74 Å². The number of nitrogens with zero attached hydrogens (tertiary/aromatic N) is 2. The monoisotopic (exact) mass is 514 g/mol. The number of likely N-dealkylation sites (N-methyl/N-ethyl adjacent to an activating group) is 1. The van der Waals surface area contributed by atoms with Crippen LogP contribution >= 0.6 is 15.9 Å².